The number of hydrogen-bond acceptors (Lipinski definition) is 5. The van der Waals surface area contributed by atoms with Crippen LogP contribution in [0.25, 0.3) is 22.8 Å². The minimum Gasteiger partial charge on any atom is -0.491 e. The van der Waals surface area contributed by atoms with Crippen molar-refractivity contribution < 1.29 is 9.26 Å². The zero-order valence-corrected chi connectivity index (χ0v) is 15.1. The molecule has 25 heavy (non-hydrogen) atoms. The van der Waals surface area contributed by atoms with Crippen LogP contribution in [0.1, 0.15) is 11.1 Å². The SMILES string of the molecule is Cc1ccc(-c2noc(-c3ccccc3OCCN(C)C)n2)cc1C. The first-order chi connectivity index (χ1) is 12.0. The third-order valence-corrected chi connectivity index (χ3v) is 4.10. The molecule has 0 fully saturated rings. The lowest BCUT2D eigenvalue weighted by molar-refractivity contribution is 0.261. The summed E-state index contributed by atoms with van der Waals surface area (Å²) in [5.41, 5.74) is 4.20. The number of benzene rings is 2. The maximum atomic E-state index is 5.88. The highest BCUT2D eigenvalue weighted by Gasteiger charge is 2.15. The molecule has 3 aromatic rings. The molecule has 0 aliphatic rings. The molecule has 1 aromatic heterocycles. The van der Waals surface area contributed by atoms with Gasteiger partial charge in [-0.05, 0) is 57.3 Å². The molecule has 2 aromatic carbocycles. The Hall–Kier alpha value is -2.66. The molecule has 0 saturated carbocycles. The van der Waals surface area contributed by atoms with E-state index in [1.165, 1.54) is 11.1 Å². The molecular weight excluding hydrogens is 314 g/mol. The Morgan fingerprint density at radius 2 is 1.84 bits per heavy atom. The van der Waals surface area contributed by atoms with Gasteiger partial charge in [0.05, 0.1) is 5.56 Å². The maximum Gasteiger partial charge on any atom is 0.262 e. The van der Waals surface area contributed by atoms with Gasteiger partial charge in [-0.1, -0.05) is 29.4 Å². The van der Waals surface area contributed by atoms with E-state index in [-0.39, 0.29) is 0 Å². The molecule has 0 spiro atoms. The smallest absolute Gasteiger partial charge is 0.262 e. The Kier molecular flexibility index (Phi) is 5.14. The fourth-order valence-corrected chi connectivity index (χ4v) is 2.44. The maximum absolute atomic E-state index is 5.88. The van der Waals surface area contributed by atoms with E-state index in [0.29, 0.717) is 18.3 Å². The second-order valence-electron chi connectivity index (χ2n) is 6.37. The van der Waals surface area contributed by atoms with Crippen LogP contribution in [0.4, 0.5) is 0 Å². The largest absolute Gasteiger partial charge is 0.491 e. The first kappa shape index (κ1) is 17.2. The summed E-state index contributed by atoms with van der Waals surface area (Å²) in [5, 5.41) is 4.13. The number of likely N-dealkylation sites (N-methyl/N-ethyl adjacent to an activating group) is 1. The second-order valence-corrected chi connectivity index (χ2v) is 6.37. The van der Waals surface area contributed by atoms with Gasteiger partial charge in [-0.2, -0.15) is 4.98 Å². The van der Waals surface area contributed by atoms with Crippen molar-refractivity contribution in [1.82, 2.24) is 15.0 Å². The molecule has 0 N–H and O–H groups in total. The van der Waals surface area contributed by atoms with Crippen molar-refractivity contribution in [3.8, 4) is 28.6 Å². The van der Waals surface area contributed by atoms with Gasteiger partial charge >= 0.3 is 0 Å². The van der Waals surface area contributed by atoms with E-state index in [1.807, 2.05) is 44.4 Å². The number of aryl methyl sites for hydroxylation is 2. The minimum absolute atomic E-state index is 0.466. The van der Waals surface area contributed by atoms with Gasteiger partial charge < -0.3 is 14.2 Å². The predicted molar refractivity (Wildman–Crippen MR) is 98.7 cm³/mol. The minimum atomic E-state index is 0.466. The van der Waals surface area contributed by atoms with E-state index in [4.69, 9.17) is 9.26 Å². The molecule has 0 aliphatic carbocycles. The van der Waals surface area contributed by atoms with E-state index in [1.54, 1.807) is 0 Å². The van der Waals surface area contributed by atoms with Crippen LogP contribution >= 0.6 is 0 Å². The van der Waals surface area contributed by atoms with Gasteiger partial charge in [0, 0.05) is 12.1 Å². The fourth-order valence-electron chi connectivity index (χ4n) is 2.44. The summed E-state index contributed by atoms with van der Waals surface area (Å²) >= 11 is 0. The van der Waals surface area contributed by atoms with Crippen LogP contribution in [-0.4, -0.2) is 42.3 Å². The third-order valence-electron chi connectivity index (χ3n) is 4.10. The molecule has 0 aliphatic heterocycles. The van der Waals surface area contributed by atoms with Crippen LogP contribution in [0.15, 0.2) is 47.0 Å². The Bertz CT molecular complexity index is 856. The van der Waals surface area contributed by atoms with Crippen molar-refractivity contribution in [1.29, 1.82) is 0 Å². The summed E-state index contributed by atoms with van der Waals surface area (Å²) in [4.78, 5) is 6.63. The summed E-state index contributed by atoms with van der Waals surface area (Å²) in [6.07, 6.45) is 0. The molecular formula is C20H23N3O2. The Morgan fingerprint density at radius 3 is 2.60 bits per heavy atom. The van der Waals surface area contributed by atoms with Crippen molar-refractivity contribution in [3.05, 3.63) is 53.6 Å². The Balaban J connectivity index is 1.86. The number of ether oxygens (including phenoxy) is 1. The molecule has 5 nitrogen and oxygen atoms in total. The average Bonchev–Trinajstić information content (AvgIpc) is 3.07. The van der Waals surface area contributed by atoms with Gasteiger partial charge in [-0.25, -0.2) is 0 Å². The van der Waals surface area contributed by atoms with Crippen molar-refractivity contribution in [2.45, 2.75) is 13.8 Å². The average molecular weight is 337 g/mol. The van der Waals surface area contributed by atoms with Gasteiger partial charge in [0.1, 0.15) is 12.4 Å². The van der Waals surface area contributed by atoms with Crippen LogP contribution < -0.4 is 4.74 Å². The molecule has 1 heterocycles. The number of hydrogen-bond donors (Lipinski definition) is 0. The van der Waals surface area contributed by atoms with Crippen LogP contribution in [0.2, 0.25) is 0 Å². The second kappa shape index (κ2) is 7.49. The Morgan fingerprint density at radius 1 is 1.04 bits per heavy atom. The van der Waals surface area contributed by atoms with Crippen LogP contribution in [0.3, 0.4) is 0 Å². The lowest BCUT2D eigenvalue weighted by atomic mass is 10.1. The highest BCUT2D eigenvalue weighted by atomic mass is 16.5. The van der Waals surface area contributed by atoms with Crippen LogP contribution in [0.5, 0.6) is 5.75 Å². The first-order valence-corrected chi connectivity index (χ1v) is 8.33. The zero-order valence-electron chi connectivity index (χ0n) is 15.1. The molecule has 0 unspecified atom stereocenters. The van der Waals surface area contributed by atoms with Gasteiger partial charge in [0.15, 0.2) is 0 Å². The lowest BCUT2D eigenvalue weighted by Gasteiger charge is -2.12. The summed E-state index contributed by atoms with van der Waals surface area (Å²) in [6.45, 7) is 5.60. The van der Waals surface area contributed by atoms with Gasteiger partial charge in [0.2, 0.25) is 5.82 Å². The van der Waals surface area contributed by atoms with Gasteiger partial charge in [-0.15, -0.1) is 0 Å². The molecule has 0 bridgehead atoms. The quantitative estimate of drug-likeness (QED) is 0.681. The van der Waals surface area contributed by atoms with Gasteiger partial charge in [0.25, 0.3) is 5.89 Å². The zero-order chi connectivity index (χ0) is 17.8. The number of nitrogens with zero attached hydrogens (tertiary/aromatic N) is 3. The first-order valence-electron chi connectivity index (χ1n) is 8.33. The monoisotopic (exact) mass is 337 g/mol. The topological polar surface area (TPSA) is 51.4 Å². The van der Waals surface area contributed by atoms with E-state index in [2.05, 4.69) is 41.0 Å². The summed E-state index contributed by atoms with van der Waals surface area (Å²) < 4.78 is 11.4. The van der Waals surface area contributed by atoms with E-state index in [9.17, 15) is 0 Å². The molecule has 130 valence electrons. The predicted octanol–water partition coefficient (Wildman–Crippen LogP) is 3.96. The van der Waals surface area contributed by atoms with Crippen LogP contribution in [-0.2, 0) is 0 Å². The molecule has 0 amide bonds. The van der Waals surface area contributed by atoms with Crippen molar-refractivity contribution >= 4 is 0 Å². The lowest BCUT2D eigenvalue weighted by Crippen LogP contribution is -2.19. The normalized spacial score (nSPS) is 11.1. The summed E-state index contributed by atoms with van der Waals surface area (Å²) in [6, 6.07) is 13.9. The molecule has 0 atom stereocenters. The number of rotatable bonds is 6. The highest BCUT2D eigenvalue weighted by Crippen LogP contribution is 2.30. The summed E-state index contributed by atoms with van der Waals surface area (Å²) in [5.74, 6) is 1.80. The molecule has 5 heteroatoms. The van der Waals surface area contributed by atoms with Gasteiger partial charge in [-0.3, -0.25) is 0 Å². The highest BCUT2D eigenvalue weighted by molar-refractivity contribution is 5.65. The van der Waals surface area contributed by atoms with Crippen molar-refractivity contribution in [2.75, 3.05) is 27.2 Å². The fraction of sp³-hybridized carbons (Fsp3) is 0.300. The number of para-hydroxylation sites is 1. The molecule has 0 saturated heterocycles. The van der Waals surface area contributed by atoms with E-state index in [0.717, 1.165) is 23.4 Å². The molecule has 0 radical (unpaired) electrons. The summed E-state index contributed by atoms with van der Waals surface area (Å²) in [7, 11) is 4.03. The molecule has 3 rings (SSSR count). The third kappa shape index (κ3) is 4.06. The number of aromatic nitrogens is 2. The Labute approximate surface area is 148 Å². The van der Waals surface area contributed by atoms with Crippen molar-refractivity contribution in [3.63, 3.8) is 0 Å². The van der Waals surface area contributed by atoms with E-state index >= 15 is 0 Å². The van der Waals surface area contributed by atoms with Crippen LogP contribution in [0, 0.1) is 13.8 Å². The van der Waals surface area contributed by atoms with E-state index < -0.39 is 0 Å². The standard InChI is InChI=1S/C20H23N3O2/c1-14-9-10-16(13-15(14)2)19-21-20(25-22-19)17-7-5-6-8-18(17)24-12-11-23(3)4/h5-10,13H,11-12H2,1-4H3. The van der Waals surface area contributed by atoms with Crippen molar-refractivity contribution in [2.24, 2.45) is 0 Å².